The molecule has 8 heteroatoms. The van der Waals surface area contributed by atoms with Crippen LogP contribution in [0.25, 0.3) is 21.8 Å². The van der Waals surface area contributed by atoms with Crippen LogP contribution in [0.3, 0.4) is 0 Å². The van der Waals surface area contributed by atoms with Crippen LogP contribution in [0, 0.1) is 0 Å². The monoisotopic (exact) mass is 434 g/mol. The largest absolute Gasteiger partial charge is 0.497 e. The first-order valence-corrected chi connectivity index (χ1v) is 10.4. The average Bonchev–Trinajstić information content (AvgIpc) is 3.15. The third-order valence-corrected chi connectivity index (χ3v) is 5.75. The summed E-state index contributed by atoms with van der Waals surface area (Å²) in [5, 5.41) is 8.82. The molecular weight excluding hydrogens is 408 g/mol. The molecule has 4 rings (SSSR count). The zero-order valence-corrected chi connectivity index (χ0v) is 18.6. The molecule has 0 bridgehead atoms. The quantitative estimate of drug-likeness (QED) is 0.483. The number of hydrogen-bond donors (Lipinski definition) is 1. The third kappa shape index (κ3) is 3.57. The number of amides is 1. The average molecular weight is 434 g/mol. The van der Waals surface area contributed by atoms with Crippen molar-refractivity contribution >= 4 is 27.7 Å². The van der Waals surface area contributed by atoms with Gasteiger partial charge in [-0.05, 0) is 30.7 Å². The molecule has 8 nitrogen and oxygen atoms in total. The van der Waals surface area contributed by atoms with E-state index in [1.54, 1.807) is 39.6 Å². The number of aromatic nitrogens is 3. The van der Waals surface area contributed by atoms with Gasteiger partial charge in [-0.1, -0.05) is 25.1 Å². The zero-order chi connectivity index (χ0) is 22.8. The maximum absolute atomic E-state index is 13.4. The van der Waals surface area contributed by atoms with Gasteiger partial charge in [0.25, 0.3) is 5.56 Å². The van der Waals surface area contributed by atoms with E-state index >= 15 is 0 Å². The van der Waals surface area contributed by atoms with Gasteiger partial charge in [-0.15, -0.1) is 0 Å². The van der Waals surface area contributed by atoms with Crippen molar-refractivity contribution < 1.29 is 14.3 Å². The molecule has 0 aliphatic carbocycles. The highest BCUT2D eigenvalue weighted by atomic mass is 16.5. The summed E-state index contributed by atoms with van der Waals surface area (Å²) in [6.45, 7) is 2.20. The molecule has 0 saturated heterocycles. The molecule has 2 aromatic heterocycles. The lowest BCUT2D eigenvalue weighted by Crippen LogP contribution is -2.33. The van der Waals surface area contributed by atoms with Gasteiger partial charge in [-0.3, -0.25) is 9.59 Å². The Balaban J connectivity index is 1.75. The van der Waals surface area contributed by atoms with Gasteiger partial charge in [0.1, 0.15) is 23.1 Å². The molecule has 1 N–H and O–H groups in total. The fourth-order valence-electron chi connectivity index (χ4n) is 4.12. The third-order valence-electron chi connectivity index (χ3n) is 5.75. The van der Waals surface area contributed by atoms with Crippen LogP contribution in [0.2, 0.25) is 0 Å². The topological polar surface area (TPSA) is 87.4 Å². The minimum absolute atomic E-state index is 0.182. The van der Waals surface area contributed by atoms with E-state index in [4.69, 9.17) is 9.47 Å². The van der Waals surface area contributed by atoms with Crippen LogP contribution in [0.15, 0.2) is 53.5 Å². The molecule has 4 aromatic rings. The summed E-state index contributed by atoms with van der Waals surface area (Å²) < 4.78 is 13.8. The summed E-state index contributed by atoms with van der Waals surface area (Å²) in [4.78, 5) is 26.4. The fourth-order valence-corrected chi connectivity index (χ4v) is 4.12. The fraction of sp³-hybridized carbons (Fsp3) is 0.292. The molecule has 0 unspecified atom stereocenters. The number of aryl methyl sites for hydroxylation is 1. The van der Waals surface area contributed by atoms with E-state index in [1.165, 1.54) is 4.68 Å². The van der Waals surface area contributed by atoms with Crippen molar-refractivity contribution in [3.8, 4) is 11.5 Å². The number of carbonyl (C=O) groups is 1. The minimum atomic E-state index is -0.566. The maximum atomic E-state index is 13.4. The van der Waals surface area contributed by atoms with Gasteiger partial charge in [0.05, 0.1) is 25.9 Å². The number of carbonyl (C=O) groups excluding carboxylic acids is 1. The van der Waals surface area contributed by atoms with E-state index in [-0.39, 0.29) is 18.0 Å². The molecule has 1 atom stereocenters. The van der Waals surface area contributed by atoms with Crippen molar-refractivity contribution in [2.24, 2.45) is 7.05 Å². The Kier molecular flexibility index (Phi) is 5.85. The van der Waals surface area contributed by atoms with Gasteiger partial charge < -0.3 is 19.4 Å². The number of para-hydroxylation sites is 1. The molecule has 166 valence electrons. The number of hydrogen-bond acceptors (Lipinski definition) is 5. The summed E-state index contributed by atoms with van der Waals surface area (Å²) in [6, 6.07) is 12.6. The highest BCUT2D eigenvalue weighted by Gasteiger charge is 2.25. The van der Waals surface area contributed by atoms with Crippen molar-refractivity contribution in [1.29, 1.82) is 0 Å². The Morgan fingerprint density at radius 1 is 1.12 bits per heavy atom. The van der Waals surface area contributed by atoms with E-state index < -0.39 is 6.04 Å². The van der Waals surface area contributed by atoms with Crippen LogP contribution in [0.4, 0.5) is 0 Å². The second kappa shape index (κ2) is 8.74. The number of methoxy groups -OCH3 is 2. The maximum Gasteiger partial charge on any atom is 0.291 e. The standard InChI is InChI=1S/C24H26N4O4/c1-5-19(23(29)25-13-15-12-16(31-3)10-11-21(15)32-4)28-20-9-7-6-8-17(20)18-14-26-27(2)24(30)22(18)28/h6-12,14,19H,5,13H2,1-4H3,(H,25,29)/t19-/m1/s1. The van der Waals surface area contributed by atoms with Crippen molar-refractivity contribution in [2.45, 2.75) is 25.9 Å². The minimum Gasteiger partial charge on any atom is -0.497 e. The molecule has 0 radical (unpaired) electrons. The first-order valence-electron chi connectivity index (χ1n) is 10.4. The molecule has 2 aromatic carbocycles. The molecule has 32 heavy (non-hydrogen) atoms. The number of ether oxygens (including phenoxy) is 2. The summed E-state index contributed by atoms with van der Waals surface area (Å²) in [6.07, 6.45) is 2.20. The van der Waals surface area contributed by atoms with Crippen molar-refractivity contribution in [2.75, 3.05) is 14.2 Å². The first kappa shape index (κ1) is 21.4. The Bertz CT molecular complexity index is 1360. The molecule has 0 fully saturated rings. The summed E-state index contributed by atoms with van der Waals surface area (Å²) in [5.74, 6) is 1.16. The molecule has 0 aliphatic rings. The lowest BCUT2D eigenvalue weighted by atomic mass is 10.1. The first-order chi connectivity index (χ1) is 15.5. The van der Waals surface area contributed by atoms with Crippen LogP contribution in [-0.2, 0) is 18.4 Å². The smallest absolute Gasteiger partial charge is 0.291 e. The van der Waals surface area contributed by atoms with E-state index in [1.807, 2.05) is 41.8 Å². The van der Waals surface area contributed by atoms with Gasteiger partial charge in [0, 0.05) is 29.9 Å². The second-order valence-electron chi connectivity index (χ2n) is 7.54. The van der Waals surface area contributed by atoms with Crippen molar-refractivity contribution in [3.63, 3.8) is 0 Å². The number of rotatable bonds is 7. The van der Waals surface area contributed by atoms with Gasteiger partial charge in [-0.2, -0.15) is 5.10 Å². The summed E-state index contributed by atoms with van der Waals surface area (Å²) >= 11 is 0. The lowest BCUT2D eigenvalue weighted by Gasteiger charge is -2.20. The highest BCUT2D eigenvalue weighted by Crippen LogP contribution is 2.31. The van der Waals surface area contributed by atoms with Crippen LogP contribution in [0.1, 0.15) is 24.9 Å². The molecule has 0 aliphatic heterocycles. The SMILES string of the molecule is CC[C@H](C(=O)NCc1cc(OC)ccc1OC)n1c2ccccc2c2cnn(C)c(=O)c21. The highest BCUT2D eigenvalue weighted by molar-refractivity contribution is 6.08. The molecule has 1 amide bonds. The molecule has 0 spiro atoms. The van der Waals surface area contributed by atoms with Crippen molar-refractivity contribution in [3.05, 3.63) is 64.6 Å². The molecular formula is C24H26N4O4. The zero-order valence-electron chi connectivity index (χ0n) is 18.6. The summed E-state index contributed by atoms with van der Waals surface area (Å²) in [7, 11) is 4.79. The number of nitrogens with zero attached hydrogens (tertiary/aromatic N) is 3. The van der Waals surface area contributed by atoms with E-state index in [2.05, 4.69) is 10.4 Å². The Hall–Kier alpha value is -3.81. The van der Waals surface area contributed by atoms with E-state index in [9.17, 15) is 9.59 Å². The van der Waals surface area contributed by atoms with Gasteiger partial charge >= 0.3 is 0 Å². The predicted molar refractivity (Wildman–Crippen MR) is 123 cm³/mol. The number of nitrogens with one attached hydrogen (secondary N) is 1. The molecule has 0 saturated carbocycles. The Morgan fingerprint density at radius 2 is 1.91 bits per heavy atom. The molecule has 2 heterocycles. The van der Waals surface area contributed by atoms with Crippen LogP contribution < -0.4 is 20.3 Å². The van der Waals surface area contributed by atoms with Crippen LogP contribution in [0.5, 0.6) is 11.5 Å². The lowest BCUT2D eigenvalue weighted by molar-refractivity contribution is -0.124. The Labute approximate surface area is 185 Å². The second-order valence-corrected chi connectivity index (χ2v) is 7.54. The predicted octanol–water partition coefficient (Wildman–Crippen LogP) is 3.17. The van der Waals surface area contributed by atoms with Crippen LogP contribution in [-0.4, -0.2) is 34.5 Å². The van der Waals surface area contributed by atoms with Crippen molar-refractivity contribution in [1.82, 2.24) is 19.7 Å². The summed E-state index contributed by atoms with van der Waals surface area (Å²) in [5.41, 5.74) is 1.87. The number of fused-ring (bicyclic) bond motifs is 3. The van der Waals surface area contributed by atoms with Crippen LogP contribution >= 0.6 is 0 Å². The van der Waals surface area contributed by atoms with Gasteiger partial charge in [-0.25, -0.2) is 4.68 Å². The van der Waals surface area contributed by atoms with Gasteiger partial charge in [0.15, 0.2) is 0 Å². The number of benzene rings is 2. The van der Waals surface area contributed by atoms with E-state index in [0.29, 0.717) is 23.4 Å². The van der Waals surface area contributed by atoms with E-state index in [0.717, 1.165) is 21.9 Å². The normalized spacial score (nSPS) is 12.1. The Morgan fingerprint density at radius 3 is 2.62 bits per heavy atom. The van der Waals surface area contributed by atoms with Gasteiger partial charge in [0.2, 0.25) is 5.91 Å².